The summed E-state index contributed by atoms with van der Waals surface area (Å²) in [5.41, 5.74) is 4.74. The molecule has 0 aromatic heterocycles. The molecule has 0 atom stereocenters. The maximum absolute atomic E-state index is 12.4. The molecule has 0 aliphatic carbocycles. The predicted octanol–water partition coefficient (Wildman–Crippen LogP) is 5.11. The molecule has 166 valence electrons. The minimum atomic E-state index is -0.476. The first kappa shape index (κ1) is 23.8. The third-order valence-electron chi connectivity index (χ3n) is 4.91. The number of esters is 2. The van der Waals surface area contributed by atoms with Crippen molar-refractivity contribution in [2.45, 2.75) is 86.0 Å². The molecule has 0 radical (unpaired) electrons. The molecule has 1 aromatic rings. The Hall–Kier alpha value is -2.50. The van der Waals surface area contributed by atoms with Crippen molar-refractivity contribution in [3.8, 4) is 5.75 Å². The van der Waals surface area contributed by atoms with E-state index in [0.29, 0.717) is 24.8 Å². The molecule has 2 rings (SSSR count). The lowest BCUT2D eigenvalue weighted by molar-refractivity contribution is -0.154. The Morgan fingerprint density at radius 3 is 2.50 bits per heavy atom. The number of nitrogens with one attached hydrogen (secondary N) is 1. The maximum Gasteiger partial charge on any atom is 0.341 e. The molecule has 0 spiro atoms. The summed E-state index contributed by atoms with van der Waals surface area (Å²) in [6.07, 6.45) is 3.62. The van der Waals surface area contributed by atoms with Crippen molar-refractivity contribution in [1.29, 1.82) is 0 Å². The number of methoxy groups -OCH3 is 1. The predicted molar refractivity (Wildman–Crippen MR) is 118 cm³/mol. The second-order valence-electron chi connectivity index (χ2n) is 9.08. The topological polar surface area (TPSA) is 73.9 Å². The van der Waals surface area contributed by atoms with Crippen LogP contribution < -0.4 is 10.1 Å². The van der Waals surface area contributed by atoms with Crippen LogP contribution in [0.15, 0.2) is 11.6 Å². The molecular weight excluding hydrogens is 382 g/mol. The van der Waals surface area contributed by atoms with Crippen molar-refractivity contribution in [2.24, 2.45) is 0 Å². The molecule has 1 aliphatic heterocycles. The van der Waals surface area contributed by atoms with Gasteiger partial charge in [0, 0.05) is 23.6 Å². The van der Waals surface area contributed by atoms with Gasteiger partial charge in [0.1, 0.15) is 18.0 Å². The lowest BCUT2D eigenvalue weighted by Gasteiger charge is -2.22. The summed E-state index contributed by atoms with van der Waals surface area (Å²) in [5, 5.41) is 3.42. The average Bonchev–Trinajstić information content (AvgIpc) is 3.01. The zero-order valence-corrected chi connectivity index (χ0v) is 19.5. The van der Waals surface area contributed by atoms with Gasteiger partial charge in [0.25, 0.3) is 0 Å². The molecule has 0 saturated heterocycles. The van der Waals surface area contributed by atoms with E-state index in [1.165, 1.54) is 0 Å². The summed E-state index contributed by atoms with van der Waals surface area (Å²) < 4.78 is 16.4. The van der Waals surface area contributed by atoms with Gasteiger partial charge in [-0.25, -0.2) is 4.79 Å². The molecule has 30 heavy (non-hydrogen) atoms. The van der Waals surface area contributed by atoms with Crippen LogP contribution >= 0.6 is 0 Å². The van der Waals surface area contributed by atoms with Crippen LogP contribution in [0.2, 0.25) is 0 Å². The second-order valence-corrected chi connectivity index (χ2v) is 9.08. The highest BCUT2D eigenvalue weighted by molar-refractivity contribution is 6.01. The fourth-order valence-corrected chi connectivity index (χ4v) is 3.57. The van der Waals surface area contributed by atoms with Crippen LogP contribution in [0.4, 0.5) is 5.69 Å². The first-order valence-electron chi connectivity index (χ1n) is 10.5. The largest absolute Gasteiger partial charge is 0.496 e. The Morgan fingerprint density at radius 1 is 1.27 bits per heavy atom. The van der Waals surface area contributed by atoms with E-state index in [1.54, 1.807) is 7.11 Å². The minimum absolute atomic E-state index is 0.144. The minimum Gasteiger partial charge on any atom is -0.496 e. The van der Waals surface area contributed by atoms with E-state index < -0.39 is 5.60 Å². The van der Waals surface area contributed by atoms with Gasteiger partial charge < -0.3 is 19.5 Å². The molecule has 1 aromatic carbocycles. The van der Waals surface area contributed by atoms with E-state index in [4.69, 9.17) is 14.2 Å². The van der Waals surface area contributed by atoms with E-state index in [-0.39, 0.29) is 24.6 Å². The molecular formula is C24H35NO5. The first-order chi connectivity index (χ1) is 13.9. The van der Waals surface area contributed by atoms with E-state index in [9.17, 15) is 9.59 Å². The summed E-state index contributed by atoms with van der Waals surface area (Å²) >= 11 is 0. The van der Waals surface area contributed by atoms with Crippen LogP contribution in [0, 0.1) is 6.92 Å². The highest BCUT2D eigenvalue weighted by Crippen LogP contribution is 2.41. The third kappa shape index (κ3) is 5.77. The van der Waals surface area contributed by atoms with Gasteiger partial charge >= 0.3 is 11.9 Å². The van der Waals surface area contributed by atoms with Gasteiger partial charge in [0.05, 0.1) is 18.4 Å². The number of allylic oxidation sites excluding steroid dienone is 2. The summed E-state index contributed by atoms with van der Waals surface area (Å²) in [4.78, 5) is 24.4. The molecule has 6 nitrogen and oxygen atoms in total. The van der Waals surface area contributed by atoms with Gasteiger partial charge in [-0.2, -0.15) is 0 Å². The Bertz CT molecular complexity index is 846. The number of carbonyl (C=O) groups excluding carboxylic acids is 2. The Morgan fingerprint density at radius 2 is 1.93 bits per heavy atom. The molecule has 0 unspecified atom stereocenters. The molecule has 0 amide bonds. The van der Waals surface area contributed by atoms with Crippen molar-refractivity contribution >= 4 is 17.6 Å². The number of cyclic esters (lactones) is 1. The zero-order chi connectivity index (χ0) is 22.6. The molecule has 6 heteroatoms. The standard InChI is InChI=1S/C24H35NO5/c1-14(2)25-21-17(11-9-15(3)10-12-19(26)30-24(5,6)7)22(28-8)16(4)18-13-29-23(27)20(18)21/h9,14,25H,10-13H2,1-8H3. The fourth-order valence-electron chi connectivity index (χ4n) is 3.57. The summed E-state index contributed by atoms with van der Waals surface area (Å²) in [6, 6.07) is 0.144. The Balaban J connectivity index is 2.31. The van der Waals surface area contributed by atoms with Crippen LogP contribution in [0.25, 0.3) is 0 Å². The maximum atomic E-state index is 12.4. The van der Waals surface area contributed by atoms with Gasteiger partial charge in [-0.3, -0.25) is 4.79 Å². The van der Waals surface area contributed by atoms with Crippen molar-refractivity contribution in [2.75, 3.05) is 12.4 Å². The number of carbonyl (C=O) groups is 2. The molecule has 0 bridgehead atoms. The van der Waals surface area contributed by atoms with Crippen LogP contribution in [-0.4, -0.2) is 30.7 Å². The van der Waals surface area contributed by atoms with E-state index in [2.05, 4.69) is 11.4 Å². The van der Waals surface area contributed by atoms with Crippen LogP contribution in [0.3, 0.4) is 0 Å². The monoisotopic (exact) mass is 417 g/mol. The molecule has 1 heterocycles. The molecule has 1 N–H and O–H groups in total. The highest BCUT2D eigenvalue weighted by Gasteiger charge is 2.32. The molecule has 0 saturated carbocycles. The third-order valence-corrected chi connectivity index (χ3v) is 4.91. The number of anilines is 1. The Kier molecular flexibility index (Phi) is 7.56. The highest BCUT2D eigenvalue weighted by atomic mass is 16.6. The number of rotatable bonds is 8. The van der Waals surface area contributed by atoms with Crippen molar-refractivity contribution in [3.63, 3.8) is 0 Å². The van der Waals surface area contributed by atoms with Crippen LogP contribution in [-0.2, 0) is 27.3 Å². The number of ether oxygens (including phenoxy) is 3. The molecule has 1 aliphatic rings. The van der Waals surface area contributed by atoms with Crippen LogP contribution in [0.5, 0.6) is 5.75 Å². The van der Waals surface area contributed by atoms with Crippen molar-refractivity contribution in [1.82, 2.24) is 0 Å². The zero-order valence-electron chi connectivity index (χ0n) is 19.5. The lowest BCUT2D eigenvalue weighted by atomic mass is 9.93. The van der Waals surface area contributed by atoms with Crippen molar-refractivity contribution < 1.29 is 23.8 Å². The lowest BCUT2D eigenvalue weighted by Crippen LogP contribution is -2.23. The number of benzene rings is 1. The number of hydrogen-bond acceptors (Lipinski definition) is 6. The summed E-state index contributed by atoms with van der Waals surface area (Å²) in [6.45, 7) is 13.9. The smallest absolute Gasteiger partial charge is 0.341 e. The van der Waals surface area contributed by atoms with E-state index in [1.807, 2.05) is 48.5 Å². The first-order valence-corrected chi connectivity index (χ1v) is 10.5. The second kappa shape index (κ2) is 9.54. The van der Waals surface area contributed by atoms with Gasteiger partial charge in [-0.15, -0.1) is 0 Å². The fraction of sp³-hybridized carbons (Fsp3) is 0.583. The molecule has 0 fully saturated rings. The van der Waals surface area contributed by atoms with Crippen molar-refractivity contribution in [3.05, 3.63) is 33.9 Å². The Labute approximate surface area is 180 Å². The van der Waals surface area contributed by atoms with Gasteiger partial charge in [0.15, 0.2) is 0 Å². The number of fused-ring (bicyclic) bond motifs is 1. The van der Waals surface area contributed by atoms with E-state index >= 15 is 0 Å². The normalized spacial score (nSPS) is 13.9. The van der Waals surface area contributed by atoms with Gasteiger partial charge in [0.2, 0.25) is 0 Å². The number of hydrogen-bond donors (Lipinski definition) is 1. The van der Waals surface area contributed by atoms with Gasteiger partial charge in [-0.05, 0) is 66.9 Å². The van der Waals surface area contributed by atoms with Crippen LogP contribution in [0.1, 0.15) is 81.4 Å². The average molecular weight is 418 g/mol. The quantitative estimate of drug-likeness (QED) is 0.468. The van der Waals surface area contributed by atoms with Gasteiger partial charge in [-0.1, -0.05) is 11.6 Å². The van der Waals surface area contributed by atoms with E-state index in [0.717, 1.165) is 33.7 Å². The summed E-state index contributed by atoms with van der Waals surface area (Å²) in [5.74, 6) is 0.267. The summed E-state index contributed by atoms with van der Waals surface area (Å²) in [7, 11) is 1.65. The SMILES string of the molecule is COc1c(C)c2c(c(NC(C)C)c1CC=C(C)CCC(=O)OC(C)(C)C)C(=O)OC2.